The molecule has 0 amide bonds. The van der Waals surface area contributed by atoms with E-state index in [9.17, 15) is 0 Å². The molecule has 0 aliphatic carbocycles. The molecule has 1 atom stereocenters. The van der Waals surface area contributed by atoms with Crippen LogP contribution in [0.4, 0.5) is 0 Å². The van der Waals surface area contributed by atoms with Crippen LogP contribution in [0.2, 0.25) is 0 Å². The minimum atomic E-state index is 0. The second-order valence-electron chi connectivity index (χ2n) is 6.20. The highest BCUT2D eigenvalue weighted by atomic mass is 16.3. The van der Waals surface area contributed by atoms with Gasteiger partial charge in [0.15, 0.2) is 0 Å². The lowest BCUT2D eigenvalue weighted by molar-refractivity contribution is 0.234. The maximum atomic E-state index is 8.33. The van der Waals surface area contributed by atoms with E-state index in [0.29, 0.717) is 12.5 Å². The lowest BCUT2D eigenvalue weighted by Gasteiger charge is -1.98. The van der Waals surface area contributed by atoms with Crippen molar-refractivity contribution in [2.24, 2.45) is 5.92 Å². The summed E-state index contributed by atoms with van der Waals surface area (Å²) >= 11 is 0. The van der Waals surface area contributed by atoms with E-state index in [1.807, 2.05) is 39.0 Å². The smallest absolute Gasteiger partial charge is 0.0456 e. The van der Waals surface area contributed by atoms with Gasteiger partial charge in [0.2, 0.25) is 0 Å². The normalized spacial score (nSPS) is 9.89. The lowest BCUT2D eigenvalue weighted by atomic mass is 10.1. The van der Waals surface area contributed by atoms with Crippen molar-refractivity contribution in [1.29, 1.82) is 0 Å². The van der Waals surface area contributed by atoms with Crippen molar-refractivity contribution in [3.05, 3.63) is 83.9 Å². The fourth-order valence-electron chi connectivity index (χ4n) is 1.97. The van der Waals surface area contributed by atoms with E-state index in [4.69, 9.17) is 5.11 Å². The van der Waals surface area contributed by atoms with Gasteiger partial charge in [-0.05, 0) is 30.5 Å². The largest absolute Gasteiger partial charge is 0.396 e. The molecule has 0 aromatic heterocycles. The Morgan fingerprint density at radius 2 is 1.26 bits per heavy atom. The van der Waals surface area contributed by atoms with Crippen LogP contribution in [0, 0.1) is 19.8 Å². The van der Waals surface area contributed by atoms with E-state index in [-0.39, 0.29) is 7.43 Å². The summed E-state index contributed by atoms with van der Waals surface area (Å²) in [7, 11) is 0. The Hall–Kier alpha value is -2.12. The number of aliphatic hydroxyl groups is 1. The molecule has 0 fully saturated rings. The van der Waals surface area contributed by atoms with Crippen LogP contribution < -0.4 is 0 Å². The fourth-order valence-corrected chi connectivity index (χ4v) is 1.97. The molecule has 27 heavy (non-hydrogen) atoms. The molecule has 1 N–H and O–H groups in total. The van der Waals surface area contributed by atoms with Gasteiger partial charge in [-0.3, -0.25) is 0 Å². The van der Waals surface area contributed by atoms with Crippen molar-refractivity contribution in [3.63, 3.8) is 0 Å². The van der Waals surface area contributed by atoms with Crippen molar-refractivity contribution in [2.45, 2.75) is 55.4 Å². The molecule has 3 aromatic rings. The van der Waals surface area contributed by atoms with Crippen molar-refractivity contribution in [2.75, 3.05) is 6.61 Å². The summed E-state index contributed by atoms with van der Waals surface area (Å²) in [5.41, 5.74) is 2.64. The van der Waals surface area contributed by atoms with Crippen molar-refractivity contribution in [1.82, 2.24) is 0 Å². The minimum absolute atomic E-state index is 0. The number of fused-ring (bicyclic) bond motifs is 1. The predicted molar refractivity (Wildman–Crippen MR) is 124 cm³/mol. The lowest BCUT2D eigenvalue weighted by Crippen LogP contribution is -1.96. The molecule has 1 nitrogen and oxygen atoms in total. The SMILES string of the molecule is C.CC.CC[C@H](C)CO.Cc1ccc2ccccc2c1.Cc1ccccc1. The summed E-state index contributed by atoms with van der Waals surface area (Å²) in [6.45, 7) is 12.6. The van der Waals surface area contributed by atoms with Crippen molar-refractivity contribution in [3.8, 4) is 0 Å². The van der Waals surface area contributed by atoms with Gasteiger partial charge in [0.1, 0.15) is 0 Å². The quantitative estimate of drug-likeness (QED) is 0.488. The van der Waals surface area contributed by atoms with E-state index in [2.05, 4.69) is 75.4 Å². The van der Waals surface area contributed by atoms with E-state index in [1.165, 1.54) is 21.9 Å². The molecule has 3 rings (SSSR count). The molecule has 0 aliphatic heterocycles. The van der Waals surface area contributed by atoms with Gasteiger partial charge in [0.05, 0.1) is 0 Å². The average Bonchev–Trinajstić information content (AvgIpc) is 2.70. The number of hydrogen-bond acceptors (Lipinski definition) is 1. The van der Waals surface area contributed by atoms with Gasteiger partial charge in [-0.15, -0.1) is 0 Å². The zero-order chi connectivity index (χ0) is 19.8. The molecule has 0 saturated heterocycles. The van der Waals surface area contributed by atoms with Crippen LogP contribution >= 0.6 is 0 Å². The molecule has 1 heteroatoms. The van der Waals surface area contributed by atoms with Crippen LogP contribution in [0.25, 0.3) is 10.8 Å². The number of aryl methyl sites for hydroxylation is 2. The molecule has 0 aliphatic rings. The molecule has 0 radical (unpaired) electrons. The predicted octanol–water partition coefficient (Wildman–Crippen LogP) is 7.83. The zero-order valence-corrected chi connectivity index (χ0v) is 17.4. The van der Waals surface area contributed by atoms with Crippen LogP contribution in [-0.4, -0.2) is 11.7 Å². The molecular formula is C26H40O. The van der Waals surface area contributed by atoms with Gasteiger partial charge in [-0.25, -0.2) is 0 Å². The van der Waals surface area contributed by atoms with Gasteiger partial charge in [0.25, 0.3) is 0 Å². The summed E-state index contributed by atoms with van der Waals surface area (Å²) in [5, 5.41) is 11.0. The molecule has 0 heterocycles. The summed E-state index contributed by atoms with van der Waals surface area (Å²) in [6.07, 6.45) is 1.08. The highest BCUT2D eigenvalue weighted by molar-refractivity contribution is 5.82. The van der Waals surface area contributed by atoms with Crippen molar-refractivity contribution < 1.29 is 5.11 Å². The average molecular weight is 369 g/mol. The Bertz CT molecular complexity index is 685. The minimum Gasteiger partial charge on any atom is -0.396 e. The van der Waals surface area contributed by atoms with Crippen LogP contribution in [0.15, 0.2) is 72.8 Å². The summed E-state index contributed by atoms with van der Waals surface area (Å²) < 4.78 is 0. The van der Waals surface area contributed by atoms with Crippen LogP contribution in [0.1, 0.15) is 52.7 Å². The Morgan fingerprint density at radius 3 is 1.67 bits per heavy atom. The Labute approximate surface area is 168 Å². The van der Waals surface area contributed by atoms with Gasteiger partial charge in [-0.1, -0.05) is 125 Å². The highest BCUT2D eigenvalue weighted by Crippen LogP contribution is 2.14. The molecule has 150 valence electrons. The van der Waals surface area contributed by atoms with Gasteiger partial charge >= 0.3 is 0 Å². The zero-order valence-electron chi connectivity index (χ0n) is 17.4. The van der Waals surface area contributed by atoms with E-state index in [0.717, 1.165) is 6.42 Å². The number of rotatable bonds is 2. The maximum Gasteiger partial charge on any atom is 0.0456 e. The first-order valence-electron chi connectivity index (χ1n) is 9.64. The second-order valence-corrected chi connectivity index (χ2v) is 6.20. The third-order valence-electron chi connectivity index (χ3n) is 3.85. The Morgan fingerprint density at radius 1 is 0.741 bits per heavy atom. The van der Waals surface area contributed by atoms with Gasteiger partial charge < -0.3 is 5.11 Å². The molecule has 0 spiro atoms. The summed E-state index contributed by atoms with van der Waals surface area (Å²) in [6, 6.07) is 25.2. The number of benzene rings is 3. The number of hydrogen-bond donors (Lipinski definition) is 1. The number of aliphatic hydroxyl groups excluding tert-OH is 1. The molecule has 0 saturated carbocycles. The van der Waals surface area contributed by atoms with Crippen molar-refractivity contribution >= 4 is 10.8 Å². The molecule has 3 aromatic carbocycles. The van der Waals surface area contributed by atoms with Crippen LogP contribution in [-0.2, 0) is 0 Å². The Kier molecular flexibility index (Phi) is 17.4. The van der Waals surface area contributed by atoms with Crippen LogP contribution in [0.3, 0.4) is 0 Å². The first kappa shape index (κ1) is 27.1. The van der Waals surface area contributed by atoms with Gasteiger partial charge in [-0.2, -0.15) is 0 Å². The monoisotopic (exact) mass is 368 g/mol. The standard InChI is InChI=1S/C11H10.C7H8.C5H12O.C2H6.CH4/c1-9-6-7-10-4-2-3-5-11(10)8-9;1-7-5-3-2-4-6-7;1-3-5(2)4-6;1-2;/h2-8H,1H3;2-6H,1H3;5-6H,3-4H2,1-2H3;1-2H3;1H4/t;;5-;;/m..0../s1. The fraction of sp³-hybridized carbons (Fsp3) is 0.385. The van der Waals surface area contributed by atoms with E-state index < -0.39 is 0 Å². The first-order chi connectivity index (χ1) is 12.6. The molecular weight excluding hydrogens is 328 g/mol. The highest BCUT2D eigenvalue weighted by Gasteiger charge is 1.90. The summed E-state index contributed by atoms with van der Waals surface area (Å²) in [5.74, 6) is 0.491. The van der Waals surface area contributed by atoms with E-state index >= 15 is 0 Å². The topological polar surface area (TPSA) is 20.2 Å². The first-order valence-corrected chi connectivity index (χ1v) is 9.64. The third kappa shape index (κ3) is 12.8. The Balaban J connectivity index is 0. The maximum absolute atomic E-state index is 8.33. The van der Waals surface area contributed by atoms with Crippen LogP contribution in [0.5, 0.6) is 0 Å². The molecule has 0 unspecified atom stereocenters. The second kappa shape index (κ2) is 17.3. The van der Waals surface area contributed by atoms with E-state index in [1.54, 1.807) is 0 Å². The van der Waals surface area contributed by atoms with Gasteiger partial charge in [0, 0.05) is 6.61 Å². The third-order valence-corrected chi connectivity index (χ3v) is 3.85. The molecule has 0 bridgehead atoms. The summed E-state index contributed by atoms with van der Waals surface area (Å²) in [4.78, 5) is 0.